The fourth-order valence-corrected chi connectivity index (χ4v) is 5.73. The molecule has 10 heteroatoms. The van der Waals surface area contributed by atoms with E-state index in [-0.39, 0.29) is 5.41 Å². The van der Waals surface area contributed by atoms with Gasteiger partial charge in [-0.05, 0) is 50.4 Å². The Labute approximate surface area is 183 Å². The number of rotatable bonds is 2. The zero-order valence-corrected chi connectivity index (χ0v) is 19.2. The molecule has 0 saturated heterocycles. The number of hydrogen-bond acceptors (Lipinski definition) is 2. The van der Waals surface area contributed by atoms with Gasteiger partial charge in [-0.1, -0.05) is 83.5 Å². The summed E-state index contributed by atoms with van der Waals surface area (Å²) in [6, 6.07) is 0. The van der Waals surface area contributed by atoms with E-state index < -0.39 is 30.5 Å². The zero-order chi connectivity index (χ0) is 20.2. The number of nitrogens with one attached hydrogen (secondary N) is 2. The first-order valence-electron chi connectivity index (χ1n) is 8.26. The van der Waals surface area contributed by atoms with E-state index in [0.717, 1.165) is 12.8 Å². The van der Waals surface area contributed by atoms with Gasteiger partial charge in [0.15, 0.2) is 0 Å². The quantitative estimate of drug-likeness (QED) is 0.535. The van der Waals surface area contributed by atoms with Crippen LogP contribution in [0.25, 0.3) is 0 Å². The van der Waals surface area contributed by atoms with E-state index in [1.54, 1.807) is 0 Å². The van der Waals surface area contributed by atoms with Gasteiger partial charge in [0.05, 0.1) is 0 Å². The number of alkyl halides is 6. The van der Waals surface area contributed by atoms with Crippen LogP contribution in [0, 0.1) is 11.3 Å². The number of hydrogen-bond donors (Lipinski definition) is 2. The predicted molar refractivity (Wildman–Crippen MR) is 108 cm³/mol. The van der Waals surface area contributed by atoms with Gasteiger partial charge in [-0.15, -0.1) is 0 Å². The number of fused-ring (bicyclic) bond motifs is 2. The molecule has 26 heavy (non-hydrogen) atoms. The van der Waals surface area contributed by atoms with E-state index >= 15 is 0 Å². The lowest BCUT2D eigenvalue weighted by molar-refractivity contribution is -0.128. The second kappa shape index (κ2) is 7.18. The highest BCUT2D eigenvalue weighted by molar-refractivity contribution is 6.76. The zero-order valence-electron chi connectivity index (χ0n) is 14.7. The van der Waals surface area contributed by atoms with Crippen LogP contribution in [-0.2, 0) is 9.59 Å². The Morgan fingerprint density at radius 1 is 0.846 bits per heavy atom. The minimum Gasteiger partial charge on any atom is -0.347 e. The highest BCUT2D eigenvalue weighted by Gasteiger charge is 2.57. The topological polar surface area (TPSA) is 58.2 Å². The first-order valence-corrected chi connectivity index (χ1v) is 10.5. The van der Waals surface area contributed by atoms with Crippen molar-refractivity contribution in [1.29, 1.82) is 0 Å². The van der Waals surface area contributed by atoms with Crippen molar-refractivity contribution in [1.82, 2.24) is 10.6 Å². The van der Waals surface area contributed by atoms with Gasteiger partial charge in [-0.25, -0.2) is 0 Å². The molecular formula is C16H22Cl6N2O2. The highest BCUT2D eigenvalue weighted by atomic mass is 35.6. The van der Waals surface area contributed by atoms with Crippen LogP contribution in [0.5, 0.6) is 0 Å². The van der Waals surface area contributed by atoms with Gasteiger partial charge in [-0.3, -0.25) is 9.59 Å². The molecule has 4 atom stereocenters. The SMILES string of the molecule is CC1CC2(C)CC(C)(NC(=O)C(Cl)(Cl)Cl)CC(NC(=O)C(Cl)(Cl)Cl)(C1)C2. The van der Waals surface area contributed by atoms with Gasteiger partial charge in [0.25, 0.3) is 19.4 Å². The molecule has 4 unspecified atom stereocenters. The lowest BCUT2D eigenvalue weighted by Gasteiger charge is -2.59. The minimum atomic E-state index is -2.06. The molecule has 0 aromatic heterocycles. The van der Waals surface area contributed by atoms with Crippen molar-refractivity contribution < 1.29 is 9.59 Å². The van der Waals surface area contributed by atoms with Crippen molar-refractivity contribution in [3.63, 3.8) is 0 Å². The lowest BCUT2D eigenvalue weighted by Crippen LogP contribution is -2.68. The summed E-state index contributed by atoms with van der Waals surface area (Å²) in [6.45, 7) is 6.17. The molecule has 150 valence electrons. The molecular weight excluding hydrogens is 465 g/mol. The standard InChI is InChI=1S/C16H22Cl6N2O2/c1-9-4-12(2)6-13(3,23-10(25)15(17,18)19)8-14(5-9,7-12)24-11(26)16(20,21)22/h9H,4-8H2,1-3H3,(H,23,25)(H,24,26). The van der Waals surface area contributed by atoms with Crippen LogP contribution < -0.4 is 10.6 Å². The monoisotopic (exact) mass is 484 g/mol. The van der Waals surface area contributed by atoms with E-state index in [2.05, 4.69) is 24.5 Å². The summed E-state index contributed by atoms with van der Waals surface area (Å²) in [4.78, 5) is 24.6. The minimum absolute atomic E-state index is 0.119. The maximum Gasteiger partial charge on any atom is 0.272 e. The van der Waals surface area contributed by atoms with Crippen LogP contribution in [0.15, 0.2) is 0 Å². The van der Waals surface area contributed by atoms with Crippen molar-refractivity contribution in [2.45, 2.75) is 71.5 Å². The average molecular weight is 487 g/mol. The first-order chi connectivity index (χ1) is 11.5. The van der Waals surface area contributed by atoms with E-state index in [0.29, 0.717) is 25.2 Å². The molecule has 0 heterocycles. The third-order valence-electron chi connectivity index (χ3n) is 5.20. The maximum atomic E-state index is 12.4. The Morgan fingerprint density at radius 2 is 1.35 bits per heavy atom. The summed E-state index contributed by atoms with van der Waals surface area (Å²) in [5, 5.41) is 5.80. The summed E-state index contributed by atoms with van der Waals surface area (Å²) in [5.41, 5.74) is -1.40. The highest BCUT2D eigenvalue weighted by Crippen LogP contribution is 2.56. The van der Waals surface area contributed by atoms with Crippen molar-refractivity contribution in [2.24, 2.45) is 11.3 Å². The van der Waals surface area contributed by atoms with Crippen molar-refractivity contribution in [2.75, 3.05) is 0 Å². The molecule has 2 amide bonds. The van der Waals surface area contributed by atoms with Crippen LogP contribution >= 0.6 is 69.6 Å². The summed E-state index contributed by atoms with van der Waals surface area (Å²) in [6.07, 6.45) is 3.56. The summed E-state index contributed by atoms with van der Waals surface area (Å²) >= 11 is 34.4. The van der Waals surface area contributed by atoms with E-state index in [9.17, 15) is 9.59 Å². The predicted octanol–water partition coefficient (Wildman–Crippen LogP) is 5.08. The Balaban J connectivity index is 2.34. The van der Waals surface area contributed by atoms with Crippen molar-refractivity contribution in [3.8, 4) is 0 Å². The lowest BCUT2D eigenvalue weighted by atomic mass is 9.52. The van der Waals surface area contributed by atoms with Crippen LogP contribution in [0.3, 0.4) is 0 Å². The van der Waals surface area contributed by atoms with Crippen LogP contribution in [-0.4, -0.2) is 30.5 Å². The largest absolute Gasteiger partial charge is 0.347 e. The van der Waals surface area contributed by atoms with Crippen LogP contribution in [0.1, 0.15) is 52.9 Å². The molecule has 2 bridgehead atoms. The summed E-state index contributed by atoms with van der Waals surface area (Å²) in [7, 11) is 0. The third-order valence-corrected chi connectivity index (χ3v) is 6.23. The average Bonchev–Trinajstić information content (AvgIpc) is 2.31. The normalized spacial score (nSPS) is 37.8. The Morgan fingerprint density at radius 3 is 1.85 bits per heavy atom. The molecule has 2 fully saturated rings. The first kappa shape index (κ1) is 23.0. The molecule has 2 saturated carbocycles. The van der Waals surface area contributed by atoms with Gasteiger partial charge in [-0.2, -0.15) is 0 Å². The molecule has 0 aliphatic heterocycles. The van der Waals surface area contributed by atoms with Gasteiger partial charge >= 0.3 is 0 Å². The van der Waals surface area contributed by atoms with Gasteiger partial charge in [0, 0.05) is 11.1 Å². The number of carbonyl (C=O) groups excluding carboxylic acids is 2. The molecule has 2 rings (SSSR count). The van der Waals surface area contributed by atoms with E-state index in [4.69, 9.17) is 69.6 Å². The van der Waals surface area contributed by atoms with Crippen LogP contribution in [0.2, 0.25) is 0 Å². The second-order valence-electron chi connectivity index (χ2n) is 8.60. The number of halogens is 6. The van der Waals surface area contributed by atoms with Gasteiger partial charge < -0.3 is 10.6 Å². The molecule has 2 aliphatic carbocycles. The fourth-order valence-electron chi connectivity index (χ4n) is 5.45. The number of amides is 2. The molecule has 0 aromatic carbocycles. The van der Waals surface area contributed by atoms with Crippen molar-refractivity contribution >= 4 is 81.4 Å². The molecule has 0 spiro atoms. The van der Waals surface area contributed by atoms with Gasteiger partial charge in [0.1, 0.15) is 0 Å². The van der Waals surface area contributed by atoms with Crippen molar-refractivity contribution in [3.05, 3.63) is 0 Å². The summed E-state index contributed by atoms with van der Waals surface area (Å²) in [5.74, 6) is -0.988. The third kappa shape index (κ3) is 5.39. The Kier molecular flexibility index (Phi) is 6.34. The Bertz CT molecular complexity index is 601. The molecule has 2 aliphatic rings. The molecule has 0 aromatic rings. The van der Waals surface area contributed by atoms with E-state index in [1.807, 2.05) is 6.92 Å². The van der Waals surface area contributed by atoms with Gasteiger partial charge in [0.2, 0.25) is 0 Å². The molecule has 0 radical (unpaired) electrons. The number of carbonyl (C=O) groups is 2. The smallest absolute Gasteiger partial charge is 0.272 e. The molecule has 2 N–H and O–H groups in total. The molecule has 4 nitrogen and oxygen atoms in total. The van der Waals surface area contributed by atoms with E-state index in [1.165, 1.54) is 0 Å². The fraction of sp³-hybridized carbons (Fsp3) is 0.875. The maximum absolute atomic E-state index is 12.4. The van der Waals surface area contributed by atoms with Crippen LogP contribution in [0.4, 0.5) is 0 Å². The summed E-state index contributed by atoms with van der Waals surface area (Å²) < 4.78 is -4.11. The second-order valence-corrected chi connectivity index (χ2v) is 13.2. The Hall–Kier alpha value is 0.680.